The fourth-order valence-electron chi connectivity index (χ4n) is 2.78. The minimum atomic E-state index is -1.05. The Hall–Kier alpha value is -2.93. The molecule has 0 atom stereocenters. The molecule has 2 heterocycles. The lowest BCUT2D eigenvalue weighted by molar-refractivity contribution is 0.0737. The summed E-state index contributed by atoms with van der Waals surface area (Å²) in [5.41, 5.74) is 3.01. The van der Waals surface area contributed by atoms with E-state index in [0.717, 1.165) is 22.8 Å². The molecule has 2 aromatic heterocycles. The molecule has 0 bridgehead atoms. The number of hydrogen-bond donors (Lipinski definition) is 2. The molecule has 0 aliphatic rings. The molecule has 0 fully saturated rings. The summed E-state index contributed by atoms with van der Waals surface area (Å²) >= 11 is 0. The van der Waals surface area contributed by atoms with Gasteiger partial charge in [0.05, 0.1) is 30.5 Å². The molecule has 0 unspecified atom stereocenters. The molecule has 0 aliphatic carbocycles. The highest BCUT2D eigenvalue weighted by Gasteiger charge is 2.21. The van der Waals surface area contributed by atoms with Gasteiger partial charge in [-0.2, -0.15) is 0 Å². The number of hydrogen-bond acceptors (Lipinski definition) is 6. The number of nitrogens with one attached hydrogen (secondary N) is 1. The summed E-state index contributed by atoms with van der Waals surface area (Å²) in [5.74, 6) is 1.35. The molecule has 148 valence electrons. The Labute approximate surface area is 165 Å². The second kappa shape index (κ2) is 7.59. The van der Waals surface area contributed by atoms with Gasteiger partial charge in [-0.05, 0) is 44.9 Å². The number of aliphatic hydroxyl groups is 1. The summed E-state index contributed by atoms with van der Waals surface area (Å²) in [6.07, 6.45) is 3.70. The third-order valence-electron chi connectivity index (χ3n) is 4.39. The first-order chi connectivity index (χ1) is 13.2. The topological polar surface area (TPSA) is 85.1 Å². The third-order valence-corrected chi connectivity index (χ3v) is 4.39. The largest absolute Gasteiger partial charge is 0.494 e. The van der Waals surface area contributed by atoms with Crippen LogP contribution in [-0.4, -0.2) is 31.7 Å². The van der Waals surface area contributed by atoms with Gasteiger partial charge in [-0.3, -0.25) is 0 Å². The molecule has 7 nitrogen and oxygen atoms in total. The van der Waals surface area contributed by atoms with Gasteiger partial charge in [-0.25, -0.2) is 15.0 Å². The maximum Gasteiger partial charge on any atom is 0.227 e. The molecule has 0 spiro atoms. The Balaban J connectivity index is 1.96. The Morgan fingerprint density at radius 3 is 2.50 bits per heavy atom. The molecular weight excluding hydrogens is 354 g/mol. The van der Waals surface area contributed by atoms with Crippen LogP contribution in [0.4, 0.5) is 11.6 Å². The van der Waals surface area contributed by atoms with Crippen LogP contribution in [-0.2, 0) is 5.60 Å². The number of anilines is 2. The standard InChI is InChI=1S/C21H27N5O2/c1-13(2)16-10-19(21(4,5)27)25-20(24-16)23-15-7-8-17(18(9-15)28-6)26-11-14(3)22-12-26/h7-13,27H,1-6H3,(H,23,24,25). The van der Waals surface area contributed by atoms with Gasteiger partial charge in [0.25, 0.3) is 0 Å². The fraction of sp³-hybridized carbons (Fsp3) is 0.381. The van der Waals surface area contributed by atoms with E-state index in [4.69, 9.17) is 4.74 Å². The van der Waals surface area contributed by atoms with Crippen molar-refractivity contribution in [1.82, 2.24) is 19.5 Å². The third kappa shape index (κ3) is 4.31. The number of ether oxygens (including phenoxy) is 1. The summed E-state index contributed by atoms with van der Waals surface area (Å²) < 4.78 is 7.47. The number of aryl methyl sites for hydroxylation is 1. The van der Waals surface area contributed by atoms with E-state index in [2.05, 4.69) is 34.1 Å². The van der Waals surface area contributed by atoms with Crippen molar-refractivity contribution in [3.8, 4) is 11.4 Å². The van der Waals surface area contributed by atoms with Crippen LogP contribution in [0.2, 0.25) is 0 Å². The summed E-state index contributed by atoms with van der Waals surface area (Å²) in [7, 11) is 1.63. The Morgan fingerprint density at radius 2 is 1.93 bits per heavy atom. The molecule has 3 aromatic rings. The first-order valence-corrected chi connectivity index (χ1v) is 9.25. The molecule has 0 aliphatic heterocycles. The first kappa shape index (κ1) is 19.8. The van der Waals surface area contributed by atoms with Crippen LogP contribution >= 0.6 is 0 Å². The van der Waals surface area contributed by atoms with Gasteiger partial charge < -0.3 is 19.7 Å². The lowest BCUT2D eigenvalue weighted by atomic mass is 10.0. The zero-order chi connectivity index (χ0) is 20.5. The zero-order valence-corrected chi connectivity index (χ0v) is 17.2. The number of benzene rings is 1. The maximum absolute atomic E-state index is 10.4. The number of aromatic nitrogens is 4. The van der Waals surface area contributed by atoms with Crippen LogP contribution in [0.1, 0.15) is 50.7 Å². The van der Waals surface area contributed by atoms with Crippen molar-refractivity contribution in [2.45, 2.75) is 46.1 Å². The molecule has 7 heteroatoms. The van der Waals surface area contributed by atoms with E-state index < -0.39 is 5.60 Å². The van der Waals surface area contributed by atoms with E-state index in [1.54, 1.807) is 27.3 Å². The summed E-state index contributed by atoms with van der Waals surface area (Å²) in [4.78, 5) is 13.4. The molecule has 1 aromatic carbocycles. The summed E-state index contributed by atoms with van der Waals surface area (Å²) in [6, 6.07) is 7.62. The van der Waals surface area contributed by atoms with Crippen molar-refractivity contribution >= 4 is 11.6 Å². The predicted octanol–water partition coefficient (Wildman–Crippen LogP) is 4.07. The lowest BCUT2D eigenvalue weighted by Crippen LogP contribution is -2.19. The van der Waals surface area contributed by atoms with Crippen LogP contribution < -0.4 is 10.1 Å². The van der Waals surface area contributed by atoms with Crippen molar-refractivity contribution in [3.05, 3.63) is 53.9 Å². The molecule has 0 saturated carbocycles. The van der Waals surface area contributed by atoms with Crippen molar-refractivity contribution in [2.24, 2.45) is 0 Å². The molecular formula is C21H27N5O2. The zero-order valence-electron chi connectivity index (χ0n) is 17.2. The summed E-state index contributed by atoms with van der Waals surface area (Å²) in [5, 5.41) is 13.6. The summed E-state index contributed by atoms with van der Waals surface area (Å²) in [6.45, 7) is 9.50. The molecule has 28 heavy (non-hydrogen) atoms. The van der Waals surface area contributed by atoms with Gasteiger partial charge in [0.2, 0.25) is 5.95 Å². The highest BCUT2D eigenvalue weighted by atomic mass is 16.5. The van der Waals surface area contributed by atoms with E-state index in [-0.39, 0.29) is 5.92 Å². The minimum absolute atomic E-state index is 0.214. The number of methoxy groups -OCH3 is 1. The highest BCUT2D eigenvalue weighted by Crippen LogP contribution is 2.29. The van der Waals surface area contributed by atoms with Crippen LogP contribution in [0.3, 0.4) is 0 Å². The maximum atomic E-state index is 10.4. The minimum Gasteiger partial charge on any atom is -0.494 e. The lowest BCUT2D eigenvalue weighted by Gasteiger charge is -2.20. The SMILES string of the molecule is COc1cc(Nc2nc(C(C)C)cc(C(C)(C)O)n2)ccc1-n1cnc(C)c1. The normalized spacial score (nSPS) is 11.7. The van der Waals surface area contributed by atoms with E-state index in [9.17, 15) is 5.11 Å². The van der Waals surface area contributed by atoms with E-state index in [1.807, 2.05) is 42.0 Å². The number of imidazole rings is 1. The van der Waals surface area contributed by atoms with Crippen LogP contribution in [0.25, 0.3) is 5.69 Å². The molecule has 2 N–H and O–H groups in total. The Kier molecular flexibility index (Phi) is 5.38. The molecule has 0 saturated heterocycles. The van der Waals surface area contributed by atoms with Gasteiger partial charge in [0, 0.05) is 23.6 Å². The monoisotopic (exact) mass is 381 g/mol. The van der Waals surface area contributed by atoms with Crippen LogP contribution in [0.5, 0.6) is 5.75 Å². The number of rotatable bonds is 6. The van der Waals surface area contributed by atoms with Gasteiger partial charge in [-0.15, -0.1) is 0 Å². The number of nitrogens with zero attached hydrogens (tertiary/aromatic N) is 4. The molecule has 0 radical (unpaired) electrons. The quantitative estimate of drug-likeness (QED) is 0.669. The smallest absolute Gasteiger partial charge is 0.227 e. The van der Waals surface area contributed by atoms with Gasteiger partial charge in [0.15, 0.2) is 0 Å². The van der Waals surface area contributed by atoms with Gasteiger partial charge >= 0.3 is 0 Å². The van der Waals surface area contributed by atoms with E-state index in [1.165, 1.54) is 0 Å². The Bertz CT molecular complexity index is 973. The average Bonchev–Trinajstić information content (AvgIpc) is 3.06. The first-order valence-electron chi connectivity index (χ1n) is 9.25. The van der Waals surface area contributed by atoms with Gasteiger partial charge in [0.1, 0.15) is 11.4 Å². The van der Waals surface area contributed by atoms with E-state index in [0.29, 0.717) is 17.4 Å². The second-order valence-corrected chi connectivity index (χ2v) is 7.65. The van der Waals surface area contributed by atoms with Crippen LogP contribution in [0.15, 0.2) is 36.8 Å². The van der Waals surface area contributed by atoms with Crippen molar-refractivity contribution in [2.75, 3.05) is 12.4 Å². The van der Waals surface area contributed by atoms with Gasteiger partial charge in [-0.1, -0.05) is 13.8 Å². The van der Waals surface area contributed by atoms with Crippen LogP contribution in [0, 0.1) is 6.92 Å². The molecule has 3 rings (SSSR count). The van der Waals surface area contributed by atoms with E-state index >= 15 is 0 Å². The highest BCUT2D eigenvalue weighted by molar-refractivity contribution is 5.62. The fourth-order valence-corrected chi connectivity index (χ4v) is 2.78. The second-order valence-electron chi connectivity index (χ2n) is 7.65. The van der Waals surface area contributed by atoms with Crippen molar-refractivity contribution in [1.29, 1.82) is 0 Å². The predicted molar refractivity (Wildman–Crippen MR) is 110 cm³/mol. The average molecular weight is 381 g/mol. The molecule has 0 amide bonds. The Morgan fingerprint density at radius 1 is 1.18 bits per heavy atom. The van der Waals surface area contributed by atoms with Crippen molar-refractivity contribution < 1.29 is 9.84 Å². The van der Waals surface area contributed by atoms with Crippen molar-refractivity contribution in [3.63, 3.8) is 0 Å².